The van der Waals surface area contributed by atoms with Crippen LogP contribution in [0.15, 0.2) is 24.3 Å². The van der Waals surface area contributed by atoms with Crippen molar-refractivity contribution in [3.8, 4) is 0 Å². The minimum absolute atomic E-state index is 0.645. The molecule has 2 N–H and O–H groups in total. The van der Waals surface area contributed by atoms with Crippen LogP contribution >= 0.6 is 0 Å². The lowest BCUT2D eigenvalue weighted by atomic mass is 9.96. The van der Waals surface area contributed by atoms with E-state index in [1.807, 2.05) is 0 Å². The summed E-state index contributed by atoms with van der Waals surface area (Å²) in [7, 11) is 0. The molecule has 1 atom stereocenters. The Morgan fingerprint density at radius 3 is 2.84 bits per heavy atom. The molecular formula is C17H28N2. The van der Waals surface area contributed by atoms with Crippen molar-refractivity contribution in [2.75, 3.05) is 13.1 Å². The van der Waals surface area contributed by atoms with Crippen LogP contribution in [0.3, 0.4) is 0 Å². The Labute approximate surface area is 118 Å². The molecule has 19 heavy (non-hydrogen) atoms. The van der Waals surface area contributed by atoms with E-state index < -0.39 is 0 Å². The van der Waals surface area contributed by atoms with Crippen molar-refractivity contribution in [3.05, 3.63) is 35.4 Å². The summed E-state index contributed by atoms with van der Waals surface area (Å²) in [5, 5.41) is 0. The van der Waals surface area contributed by atoms with E-state index >= 15 is 0 Å². The summed E-state index contributed by atoms with van der Waals surface area (Å²) in [6.07, 6.45) is 6.92. The van der Waals surface area contributed by atoms with E-state index in [4.69, 9.17) is 5.73 Å². The molecule has 1 aliphatic heterocycles. The average Bonchev–Trinajstić information content (AvgIpc) is 2.65. The molecule has 2 heteroatoms. The predicted octanol–water partition coefficient (Wildman–Crippen LogP) is 3.55. The molecule has 0 spiro atoms. The molecule has 0 radical (unpaired) electrons. The van der Waals surface area contributed by atoms with Crippen LogP contribution in [0.2, 0.25) is 0 Å². The van der Waals surface area contributed by atoms with E-state index in [-0.39, 0.29) is 0 Å². The molecule has 1 heterocycles. The minimum Gasteiger partial charge on any atom is -0.326 e. The van der Waals surface area contributed by atoms with Gasteiger partial charge in [-0.25, -0.2) is 0 Å². The van der Waals surface area contributed by atoms with Crippen LogP contribution in [0.5, 0.6) is 0 Å². The maximum Gasteiger partial charge on any atom is 0.0233 e. The van der Waals surface area contributed by atoms with Crippen molar-refractivity contribution in [1.29, 1.82) is 0 Å². The Morgan fingerprint density at radius 1 is 1.21 bits per heavy atom. The van der Waals surface area contributed by atoms with Gasteiger partial charge in [0.05, 0.1) is 0 Å². The fraction of sp³-hybridized carbons (Fsp3) is 0.647. The first kappa shape index (κ1) is 14.5. The number of hydrogen-bond donors (Lipinski definition) is 1. The van der Waals surface area contributed by atoms with Crippen molar-refractivity contribution in [2.24, 2.45) is 11.7 Å². The van der Waals surface area contributed by atoms with Gasteiger partial charge in [0.25, 0.3) is 0 Å². The highest BCUT2D eigenvalue weighted by Crippen LogP contribution is 2.22. The number of nitrogens with two attached hydrogens (primary N) is 1. The van der Waals surface area contributed by atoms with E-state index in [9.17, 15) is 0 Å². The lowest BCUT2D eigenvalue weighted by molar-refractivity contribution is 0.271. The zero-order valence-corrected chi connectivity index (χ0v) is 12.3. The van der Waals surface area contributed by atoms with Crippen molar-refractivity contribution < 1.29 is 0 Å². The number of hydrogen-bond acceptors (Lipinski definition) is 2. The van der Waals surface area contributed by atoms with Crippen LogP contribution in [-0.4, -0.2) is 18.0 Å². The Hall–Kier alpha value is -0.860. The fourth-order valence-corrected chi connectivity index (χ4v) is 3.19. The van der Waals surface area contributed by atoms with Crippen LogP contribution < -0.4 is 5.73 Å². The molecule has 1 fully saturated rings. The van der Waals surface area contributed by atoms with Crippen LogP contribution in [0.1, 0.15) is 50.2 Å². The van der Waals surface area contributed by atoms with Crippen molar-refractivity contribution in [1.82, 2.24) is 4.90 Å². The molecule has 0 amide bonds. The number of rotatable bonds is 5. The predicted molar refractivity (Wildman–Crippen MR) is 81.9 cm³/mol. The first-order chi connectivity index (χ1) is 9.31. The molecular weight excluding hydrogens is 232 g/mol. The van der Waals surface area contributed by atoms with E-state index in [1.54, 1.807) is 0 Å². The smallest absolute Gasteiger partial charge is 0.0233 e. The standard InChI is InChI=1S/C17H28N2/c1-2-5-15-8-4-10-19(11-9-15)14-17-7-3-6-16(12-17)13-18/h3,6-7,12,15H,2,4-5,8-11,13-14,18H2,1H3. The van der Waals surface area contributed by atoms with Gasteiger partial charge in [0.1, 0.15) is 0 Å². The second kappa shape index (κ2) is 7.66. The molecule has 1 aliphatic rings. The Kier molecular flexibility index (Phi) is 5.87. The van der Waals surface area contributed by atoms with Gasteiger partial charge in [-0.3, -0.25) is 4.90 Å². The summed E-state index contributed by atoms with van der Waals surface area (Å²) in [6, 6.07) is 8.74. The molecule has 1 aromatic rings. The first-order valence-electron chi connectivity index (χ1n) is 7.82. The van der Waals surface area contributed by atoms with E-state index in [2.05, 4.69) is 36.1 Å². The number of benzene rings is 1. The average molecular weight is 260 g/mol. The Balaban J connectivity index is 1.88. The number of likely N-dealkylation sites (tertiary alicyclic amines) is 1. The largest absolute Gasteiger partial charge is 0.326 e. The maximum atomic E-state index is 5.71. The summed E-state index contributed by atoms with van der Waals surface area (Å²) in [5.41, 5.74) is 8.38. The Bertz CT molecular complexity index is 375. The van der Waals surface area contributed by atoms with Crippen LogP contribution in [-0.2, 0) is 13.1 Å². The topological polar surface area (TPSA) is 29.3 Å². The second-order valence-corrected chi connectivity index (χ2v) is 5.89. The number of nitrogens with zero attached hydrogens (tertiary/aromatic N) is 1. The zero-order valence-electron chi connectivity index (χ0n) is 12.3. The van der Waals surface area contributed by atoms with E-state index in [1.165, 1.54) is 56.3 Å². The van der Waals surface area contributed by atoms with Crippen LogP contribution in [0, 0.1) is 5.92 Å². The molecule has 0 bridgehead atoms. The van der Waals surface area contributed by atoms with Crippen molar-refractivity contribution >= 4 is 0 Å². The molecule has 106 valence electrons. The highest BCUT2D eigenvalue weighted by Gasteiger charge is 2.16. The molecule has 2 rings (SSSR count). The highest BCUT2D eigenvalue weighted by molar-refractivity contribution is 5.23. The second-order valence-electron chi connectivity index (χ2n) is 5.89. The van der Waals surface area contributed by atoms with Gasteiger partial charge in [-0.15, -0.1) is 0 Å². The molecule has 0 aliphatic carbocycles. The molecule has 1 unspecified atom stereocenters. The van der Waals surface area contributed by atoms with Gasteiger partial charge < -0.3 is 5.73 Å². The van der Waals surface area contributed by atoms with Gasteiger partial charge in [-0.2, -0.15) is 0 Å². The van der Waals surface area contributed by atoms with Crippen LogP contribution in [0.4, 0.5) is 0 Å². The summed E-state index contributed by atoms with van der Waals surface area (Å²) >= 11 is 0. The molecule has 1 saturated heterocycles. The third-order valence-corrected chi connectivity index (χ3v) is 4.27. The fourth-order valence-electron chi connectivity index (χ4n) is 3.19. The third-order valence-electron chi connectivity index (χ3n) is 4.27. The molecule has 2 nitrogen and oxygen atoms in total. The quantitative estimate of drug-likeness (QED) is 0.877. The lowest BCUT2D eigenvalue weighted by Crippen LogP contribution is -2.24. The van der Waals surface area contributed by atoms with Gasteiger partial charge in [-0.05, 0) is 49.4 Å². The summed E-state index contributed by atoms with van der Waals surface area (Å²) in [4.78, 5) is 2.62. The van der Waals surface area contributed by atoms with Gasteiger partial charge in [0.15, 0.2) is 0 Å². The minimum atomic E-state index is 0.645. The van der Waals surface area contributed by atoms with E-state index in [0.29, 0.717) is 6.54 Å². The molecule has 0 saturated carbocycles. The van der Waals surface area contributed by atoms with Gasteiger partial charge >= 0.3 is 0 Å². The highest BCUT2D eigenvalue weighted by atomic mass is 15.1. The molecule has 0 aromatic heterocycles. The lowest BCUT2D eigenvalue weighted by Gasteiger charge is -2.20. The third kappa shape index (κ3) is 4.63. The normalized spacial score (nSPS) is 21.3. The summed E-state index contributed by atoms with van der Waals surface area (Å²) < 4.78 is 0. The monoisotopic (exact) mass is 260 g/mol. The Morgan fingerprint density at radius 2 is 2.05 bits per heavy atom. The summed E-state index contributed by atoms with van der Waals surface area (Å²) in [6.45, 7) is 6.56. The van der Waals surface area contributed by atoms with Gasteiger partial charge in [0.2, 0.25) is 0 Å². The van der Waals surface area contributed by atoms with Gasteiger partial charge in [0, 0.05) is 13.1 Å². The van der Waals surface area contributed by atoms with Crippen molar-refractivity contribution in [2.45, 2.75) is 52.1 Å². The SMILES string of the molecule is CCCC1CCCN(Cc2cccc(CN)c2)CC1. The molecule has 1 aromatic carbocycles. The zero-order chi connectivity index (χ0) is 13.5. The van der Waals surface area contributed by atoms with Crippen LogP contribution in [0.25, 0.3) is 0 Å². The van der Waals surface area contributed by atoms with Gasteiger partial charge in [-0.1, -0.05) is 44.0 Å². The van der Waals surface area contributed by atoms with E-state index in [0.717, 1.165) is 12.5 Å². The first-order valence-corrected chi connectivity index (χ1v) is 7.82. The van der Waals surface area contributed by atoms with Crippen molar-refractivity contribution in [3.63, 3.8) is 0 Å². The maximum absolute atomic E-state index is 5.71. The summed E-state index contributed by atoms with van der Waals surface area (Å²) in [5.74, 6) is 0.963.